The maximum absolute atomic E-state index is 12.4. The van der Waals surface area contributed by atoms with E-state index in [0.29, 0.717) is 41.3 Å². The highest BCUT2D eigenvalue weighted by Crippen LogP contribution is 2.52. The van der Waals surface area contributed by atoms with Gasteiger partial charge in [-0.05, 0) is 93.7 Å². The first-order chi connectivity index (χ1) is 29.2. The molecular weight excluding hydrogens is 761 g/mol. The molecule has 9 rings (SSSR count). The third-order valence-corrected chi connectivity index (χ3v) is 12.3. The lowest BCUT2D eigenvalue weighted by Gasteiger charge is -2.22. The van der Waals surface area contributed by atoms with E-state index in [1.54, 1.807) is 13.8 Å². The van der Waals surface area contributed by atoms with Crippen LogP contribution in [-0.2, 0) is 29.9 Å². The van der Waals surface area contributed by atoms with Crippen LogP contribution in [0.1, 0.15) is 70.2 Å². The summed E-state index contributed by atoms with van der Waals surface area (Å²) in [5.74, 6) is 0.207. The second kappa shape index (κ2) is 15.0. The Labute approximate surface area is 356 Å². The van der Waals surface area contributed by atoms with Gasteiger partial charge in [0.25, 0.3) is 0 Å². The Morgan fingerprint density at radius 1 is 0.525 bits per heavy atom. The van der Waals surface area contributed by atoms with E-state index in [4.69, 9.17) is 23.4 Å². The summed E-state index contributed by atoms with van der Waals surface area (Å²) in [5, 5.41) is 1.80. The SMILES string of the molecule is C=C(C)C(=O)OCCCOc1cc2oc3cc(OCOC(=O)C(=C)C)c(-c4ccc5c(c4)C(C)(C)c4ccccc4-5)cc3c2cc1-c1ccc2c(c1)C(C)(C)c1ccccc1-2. The van der Waals surface area contributed by atoms with E-state index >= 15 is 0 Å². The molecule has 7 heteroatoms. The van der Waals surface area contributed by atoms with Crippen molar-refractivity contribution in [3.05, 3.63) is 156 Å². The Morgan fingerprint density at radius 3 is 1.49 bits per heavy atom. The van der Waals surface area contributed by atoms with Crippen LogP contribution in [0.5, 0.6) is 11.5 Å². The molecule has 0 unspecified atom stereocenters. The van der Waals surface area contributed by atoms with E-state index in [2.05, 4.69) is 138 Å². The van der Waals surface area contributed by atoms with Gasteiger partial charge in [0.1, 0.15) is 22.7 Å². The summed E-state index contributed by atoms with van der Waals surface area (Å²) in [6.07, 6.45) is 0.492. The van der Waals surface area contributed by atoms with Crippen molar-refractivity contribution in [1.82, 2.24) is 0 Å². The third-order valence-electron chi connectivity index (χ3n) is 12.3. The molecule has 0 spiro atoms. The van der Waals surface area contributed by atoms with Gasteiger partial charge in [0.05, 0.1) is 13.2 Å². The van der Waals surface area contributed by atoms with E-state index in [-0.39, 0.29) is 29.8 Å². The Morgan fingerprint density at radius 2 is 0.984 bits per heavy atom. The van der Waals surface area contributed by atoms with Gasteiger partial charge in [0.15, 0.2) is 0 Å². The zero-order chi connectivity index (χ0) is 42.8. The van der Waals surface area contributed by atoms with Crippen molar-refractivity contribution in [2.75, 3.05) is 20.0 Å². The van der Waals surface area contributed by atoms with Gasteiger partial charge >= 0.3 is 11.9 Å². The van der Waals surface area contributed by atoms with E-state index in [9.17, 15) is 9.59 Å². The molecule has 6 aromatic carbocycles. The molecule has 7 aromatic rings. The Kier molecular flexibility index (Phi) is 9.74. The standard InChI is InChI=1S/C54H48O7/c1-31(2)51(55)58-23-13-22-57-47-28-49-41(26-39(47)33-18-20-37-35-14-9-11-16-43(35)53(5,6)45(37)24-33)42-27-40(48(29-50(42)61-49)59-30-60-52(56)32(3)4)34-19-21-38-36-15-10-12-17-44(36)54(7,8)46(38)25-34/h9-12,14-21,24-29H,1,3,13,22-23,30H2,2,4-8H3. The van der Waals surface area contributed by atoms with Gasteiger partial charge in [-0.25, -0.2) is 9.59 Å². The van der Waals surface area contributed by atoms with Crippen molar-refractivity contribution >= 4 is 33.9 Å². The van der Waals surface area contributed by atoms with Crippen molar-refractivity contribution < 1.29 is 33.0 Å². The van der Waals surface area contributed by atoms with Crippen molar-refractivity contribution in [3.8, 4) is 56.0 Å². The fourth-order valence-electron chi connectivity index (χ4n) is 9.06. The molecule has 0 radical (unpaired) electrons. The Balaban J connectivity index is 1.17. The van der Waals surface area contributed by atoms with Gasteiger partial charge in [-0.3, -0.25) is 0 Å². The molecule has 0 atom stereocenters. The summed E-state index contributed by atoms with van der Waals surface area (Å²) in [4.78, 5) is 24.4. The molecule has 0 amide bonds. The molecule has 7 nitrogen and oxygen atoms in total. The molecule has 0 N–H and O–H groups in total. The fraction of sp³-hybridized carbons (Fsp3) is 0.222. The smallest absolute Gasteiger partial charge is 0.335 e. The Hall–Kier alpha value is -6.86. The number of esters is 2. The minimum absolute atomic E-state index is 0.196. The number of ether oxygens (including phenoxy) is 4. The number of hydrogen-bond donors (Lipinski definition) is 0. The summed E-state index contributed by atoms with van der Waals surface area (Å²) < 4.78 is 30.1. The number of hydrogen-bond acceptors (Lipinski definition) is 7. The van der Waals surface area contributed by atoms with Crippen molar-refractivity contribution in [2.24, 2.45) is 0 Å². The van der Waals surface area contributed by atoms with Gasteiger partial charge in [0, 0.05) is 62.4 Å². The molecule has 61 heavy (non-hydrogen) atoms. The monoisotopic (exact) mass is 808 g/mol. The summed E-state index contributed by atoms with van der Waals surface area (Å²) in [5.41, 5.74) is 15.2. The Bertz CT molecular complexity index is 2980. The molecule has 0 saturated heterocycles. The number of rotatable bonds is 12. The fourth-order valence-corrected chi connectivity index (χ4v) is 9.06. The molecule has 0 bridgehead atoms. The van der Waals surface area contributed by atoms with E-state index in [1.165, 1.54) is 44.5 Å². The molecule has 0 saturated carbocycles. The first-order valence-electron chi connectivity index (χ1n) is 20.7. The van der Waals surface area contributed by atoms with Crippen LogP contribution in [-0.4, -0.2) is 31.9 Å². The quantitative estimate of drug-likeness (QED) is 0.0526. The van der Waals surface area contributed by atoms with E-state index in [0.717, 1.165) is 33.0 Å². The lowest BCUT2D eigenvalue weighted by Crippen LogP contribution is -2.15. The van der Waals surface area contributed by atoms with Crippen LogP contribution < -0.4 is 9.47 Å². The highest BCUT2D eigenvalue weighted by Gasteiger charge is 2.37. The molecule has 2 aliphatic carbocycles. The summed E-state index contributed by atoms with van der Waals surface area (Å²) >= 11 is 0. The second-order valence-corrected chi connectivity index (χ2v) is 17.2. The van der Waals surface area contributed by atoms with Crippen molar-refractivity contribution in [1.29, 1.82) is 0 Å². The number of fused-ring (bicyclic) bond motifs is 9. The topological polar surface area (TPSA) is 84.2 Å². The molecule has 1 aromatic heterocycles. The van der Waals surface area contributed by atoms with E-state index < -0.39 is 11.9 Å². The van der Waals surface area contributed by atoms with Crippen LogP contribution >= 0.6 is 0 Å². The summed E-state index contributed by atoms with van der Waals surface area (Å²) in [6, 6.07) is 38.5. The van der Waals surface area contributed by atoms with Gasteiger partial charge < -0.3 is 23.4 Å². The molecule has 1 heterocycles. The maximum atomic E-state index is 12.4. The number of carbonyl (C=O) groups excluding carboxylic acids is 2. The van der Waals surface area contributed by atoms with Crippen LogP contribution in [0, 0.1) is 0 Å². The van der Waals surface area contributed by atoms with Crippen LogP contribution in [0.25, 0.3) is 66.4 Å². The average Bonchev–Trinajstić information content (AvgIpc) is 3.80. The first-order valence-corrected chi connectivity index (χ1v) is 20.7. The lowest BCUT2D eigenvalue weighted by atomic mass is 9.81. The van der Waals surface area contributed by atoms with Crippen LogP contribution in [0.3, 0.4) is 0 Å². The number of benzene rings is 6. The molecule has 0 fully saturated rings. The van der Waals surface area contributed by atoms with Gasteiger partial charge in [-0.1, -0.05) is 114 Å². The third kappa shape index (κ3) is 6.78. The maximum Gasteiger partial charge on any atom is 0.335 e. The molecular formula is C54H48O7. The highest BCUT2D eigenvalue weighted by molar-refractivity contribution is 6.09. The summed E-state index contributed by atoms with van der Waals surface area (Å²) in [7, 11) is 0. The molecule has 306 valence electrons. The van der Waals surface area contributed by atoms with Crippen LogP contribution in [0.2, 0.25) is 0 Å². The zero-order valence-corrected chi connectivity index (χ0v) is 35.5. The lowest BCUT2D eigenvalue weighted by molar-refractivity contribution is -0.145. The van der Waals surface area contributed by atoms with Crippen molar-refractivity contribution in [3.63, 3.8) is 0 Å². The van der Waals surface area contributed by atoms with Crippen molar-refractivity contribution in [2.45, 2.75) is 58.8 Å². The van der Waals surface area contributed by atoms with Crippen LogP contribution in [0.4, 0.5) is 0 Å². The van der Waals surface area contributed by atoms with Gasteiger partial charge in [0.2, 0.25) is 6.79 Å². The minimum atomic E-state index is -0.531. The normalized spacial score (nSPS) is 13.9. The van der Waals surface area contributed by atoms with Gasteiger partial charge in [-0.2, -0.15) is 0 Å². The molecule has 0 aliphatic heterocycles. The average molecular weight is 809 g/mol. The number of furan rings is 1. The van der Waals surface area contributed by atoms with E-state index in [1.807, 2.05) is 12.1 Å². The number of carbonyl (C=O) groups is 2. The summed E-state index contributed by atoms with van der Waals surface area (Å²) in [6.45, 7) is 19.9. The largest absolute Gasteiger partial charge is 0.493 e. The first kappa shape index (κ1) is 39.6. The second-order valence-electron chi connectivity index (χ2n) is 17.2. The minimum Gasteiger partial charge on any atom is -0.493 e. The molecule has 2 aliphatic rings. The van der Waals surface area contributed by atoms with Crippen LogP contribution in [0.15, 0.2) is 138 Å². The zero-order valence-electron chi connectivity index (χ0n) is 35.5. The predicted molar refractivity (Wildman–Crippen MR) is 242 cm³/mol. The highest BCUT2D eigenvalue weighted by atomic mass is 16.7. The van der Waals surface area contributed by atoms with Gasteiger partial charge in [-0.15, -0.1) is 0 Å². The predicted octanol–water partition coefficient (Wildman–Crippen LogP) is 12.9.